The van der Waals surface area contributed by atoms with Crippen LogP contribution in [-0.4, -0.2) is 34.7 Å². The van der Waals surface area contributed by atoms with Crippen molar-refractivity contribution in [1.82, 2.24) is 0 Å². The van der Waals surface area contributed by atoms with Crippen molar-refractivity contribution in [2.45, 2.75) is 65.2 Å². The molecule has 1 aliphatic rings. The van der Waals surface area contributed by atoms with E-state index in [4.69, 9.17) is 0 Å². The quantitative estimate of drug-likeness (QED) is 0.344. The summed E-state index contributed by atoms with van der Waals surface area (Å²) in [7, 11) is 0. The van der Waals surface area contributed by atoms with Gasteiger partial charge in [-0.1, -0.05) is 51.7 Å². The minimum atomic E-state index is 0. The molecule has 0 saturated carbocycles. The summed E-state index contributed by atoms with van der Waals surface area (Å²) in [6.07, 6.45) is 31.8. The van der Waals surface area contributed by atoms with Gasteiger partial charge in [-0.2, -0.15) is 0 Å². The van der Waals surface area contributed by atoms with Crippen LogP contribution in [0.25, 0.3) is 0 Å². The second-order valence-electron chi connectivity index (χ2n) is 6.35. The maximum Gasteiger partial charge on any atom is 0.168 e. The summed E-state index contributed by atoms with van der Waals surface area (Å²) in [5.74, 6) is 0. The third-order valence-corrected chi connectivity index (χ3v) is 4.09. The average molecular weight is 399 g/mol. The van der Waals surface area contributed by atoms with Crippen molar-refractivity contribution in [2.24, 2.45) is 0 Å². The molecule has 0 aromatic rings. The van der Waals surface area contributed by atoms with Gasteiger partial charge in [0.25, 0.3) is 0 Å². The fourth-order valence-electron chi connectivity index (χ4n) is 2.61. The van der Waals surface area contributed by atoms with Crippen LogP contribution >= 0.6 is 0 Å². The molecule has 148 valence electrons. The lowest BCUT2D eigenvalue weighted by Crippen LogP contribution is -3.00. The molecule has 0 fully saturated rings. The van der Waals surface area contributed by atoms with Crippen LogP contribution in [0.5, 0.6) is 0 Å². The Labute approximate surface area is 173 Å². The van der Waals surface area contributed by atoms with Gasteiger partial charge in [0.05, 0.1) is 0 Å². The van der Waals surface area contributed by atoms with Crippen molar-refractivity contribution in [1.29, 1.82) is 0 Å². The van der Waals surface area contributed by atoms with Crippen LogP contribution in [0.4, 0.5) is 0 Å². The van der Waals surface area contributed by atoms with Gasteiger partial charge in [-0.15, -0.1) is 0 Å². The van der Waals surface area contributed by atoms with Gasteiger partial charge in [0.1, 0.15) is 13.1 Å². The maximum absolute atomic E-state index is 2.27. The van der Waals surface area contributed by atoms with Gasteiger partial charge >= 0.3 is 0 Å². The Kier molecular flexibility index (Phi) is 21.1. The second kappa shape index (κ2) is 20.2. The van der Waals surface area contributed by atoms with Gasteiger partial charge < -0.3 is 24.8 Å². The van der Waals surface area contributed by atoms with E-state index in [1.165, 1.54) is 51.4 Å². The Morgan fingerprint density at radius 1 is 0.500 bits per heavy atom. The van der Waals surface area contributed by atoms with Crippen LogP contribution in [-0.2, 0) is 0 Å². The van der Waals surface area contributed by atoms with E-state index in [9.17, 15) is 0 Å². The molecular weight excluding hydrogens is 363 g/mol. The summed E-state index contributed by atoms with van der Waals surface area (Å²) in [5, 5.41) is 0. The fourth-order valence-corrected chi connectivity index (χ4v) is 2.61. The smallest absolute Gasteiger partial charge is 0.168 e. The Hall–Kier alpha value is -1.12. The van der Waals surface area contributed by atoms with Gasteiger partial charge in [0.2, 0.25) is 0 Å². The zero-order valence-corrected chi connectivity index (χ0v) is 18.0. The minimum Gasteiger partial charge on any atom is -1.00 e. The fraction of sp³-hybridized carbons (Fsp3) is 0.545. The first kappa shape index (κ1) is 27.1. The molecule has 0 bridgehead atoms. The van der Waals surface area contributed by atoms with Crippen LogP contribution in [0, 0.1) is 0 Å². The molecule has 0 amide bonds. The molecular formula is C22H36Cl2N2. The van der Waals surface area contributed by atoms with Crippen LogP contribution in [0.3, 0.4) is 0 Å². The number of hydrogen-bond acceptors (Lipinski definition) is 0. The topological polar surface area (TPSA) is 6.02 Å². The highest BCUT2D eigenvalue weighted by atomic mass is 35.5. The zero-order valence-electron chi connectivity index (χ0n) is 16.5. The minimum absolute atomic E-state index is 0. The van der Waals surface area contributed by atoms with Crippen molar-refractivity contribution in [2.75, 3.05) is 13.1 Å². The monoisotopic (exact) mass is 398 g/mol. The lowest BCUT2D eigenvalue weighted by atomic mass is 10.2. The maximum atomic E-state index is 2.27. The van der Waals surface area contributed by atoms with E-state index in [1.54, 1.807) is 0 Å². The van der Waals surface area contributed by atoms with Gasteiger partial charge in [-0.25, -0.2) is 9.15 Å². The molecule has 0 spiro atoms. The van der Waals surface area contributed by atoms with E-state index in [0.29, 0.717) is 0 Å². The largest absolute Gasteiger partial charge is 1.00 e. The van der Waals surface area contributed by atoms with Gasteiger partial charge in [-0.3, -0.25) is 0 Å². The van der Waals surface area contributed by atoms with Crippen molar-refractivity contribution in [3.05, 3.63) is 48.9 Å². The molecule has 0 radical (unpaired) electrons. The highest BCUT2D eigenvalue weighted by molar-refractivity contribution is 5.68. The Morgan fingerprint density at radius 3 is 1.31 bits per heavy atom. The molecule has 0 atom stereocenters. The van der Waals surface area contributed by atoms with E-state index >= 15 is 0 Å². The average Bonchev–Trinajstić information content (AvgIpc) is 2.58. The third kappa shape index (κ3) is 15.2. The highest BCUT2D eigenvalue weighted by Crippen LogP contribution is 2.00. The predicted molar refractivity (Wildman–Crippen MR) is 107 cm³/mol. The Morgan fingerprint density at radius 2 is 0.923 bits per heavy atom. The molecule has 4 heteroatoms. The third-order valence-electron chi connectivity index (χ3n) is 4.09. The SMILES string of the molecule is CCCCCC[N+]1=C\C=C/C=C\[N+](CCCCCC)=C\C=C/C=C\1.[Cl-].[Cl-]. The van der Waals surface area contributed by atoms with Crippen LogP contribution in [0.1, 0.15) is 65.2 Å². The molecule has 0 N–H and O–H groups in total. The summed E-state index contributed by atoms with van der Waals surface area (Å²) >= 11 is 0. The van der Waals surface area contributed by atoms with Crippen molar-refractivity contribution < 1.29 is 34.0 Å². The summed E-state index contributed by atoms with van der Waals surface area (Å²) in [6, 6.07) is 0. The Balaban J connectivity index is 0. The molecule has 1 heterocycles. The predicted octanol–water partition coefficient (Wildman–Crippen LogP) is -0.525. The van der Waals surface area contributed by atoms with E-state index in [-0.39, 0.29) is 24.8 Å². The summed E-state index contributed by atoms with van der Waals surface area (Å²) in [5.41, 5.74) is 0. The number of halogens is 2. The number of nitrogens with zero attached hydrogens (tertiary/aromatic N) is 2. The van der Waals surface area contributed by atoms with Crippen LogP contribution in [0.15, 0.2) is 48.9 Å². The molecule has 2 nitrogen and oxygen atoms in total. The van der Waals surface area contributed by atoms with E-state index < -0.39 is 0 Å². The summed E-state index contributed by atoms with van der Waals surface area (Å²) in [6.45, 7) is 6.69. The molecule has 0 aromatic carbocycles. The van der Waals surface area contributed by atoms with E-state index in [0.717, 1.165) is 13.1 Å². The van der Waals surface area contributed by atoms with Gasteiger partial charge in [-0.05, 0) is 12.8 Å². The lowest BCUT2D eigenvalue weighted by molar-refractivity contribution is -0.452. The number of allylic oxidation sites excluding steroid dienone is 6. The molecule has 0 aliphatic carbocycles. The number of unbranched alkanes of at least 4 members (excludes halogenated alkanes) is 6. The first-order chi connectivity index (χ1) is 11.9. The van der Waals surface area contributed by atoms with E-state index in [1.807, 2.05) is 0 Å². The van der Waals surface area contributed by atoms with Crippen molar-refractivity contribution >= 4 is 12.4 Å². The second-order valence-corrected chi connectivity index (χ2v) is 6.35. The normalized spacial score (nSPS) is 22.7. The van der Waals surface area contributed by atoms with Crippen molar-refractivity contribution in [3.63, 3.8) is 0 Å². The lowest BCUT2D eigenvalue weighted by Gasteiger charge is -1.98. The molecule has 0 aromatic heterocycles. The molecule has 0 saturated heterocycles. The molecule has 26 heavy (non-hydrogen) atoms. The number of hydrogen-bond donors (Lipinski definition) is 0. The standard InChI is InChI=1S/C22H36N2.2ClH/c1-3-5-7-11-17-23-19-13-9-15-21-24(18-12-8-6-4-2)22-16-10-14-20-23;;/h9-10,13-16,19-22H,3-8,11-12,17-18H2,1-2H3;2*1H/q+2;;/p-2/b13-9-,14-10?,15-9?,16-10-,19-13?,20-14-,21-15-,22-16?,23-19+,23-20?,24-21?,24-22+;;. The van der Waals surface area contributed by atoms with Crippen LogP contribution < -0.4 is 24.8 Å². The summed E-state index contributed by atoms with van der Waals surface area (Å²) in [4.78, 5) is 0. The molecule has 1 aliphatic heterocycles. The first-order valence-electron chi connectivity index (χ1n) is 9.75. The zero-order chi connectivity index (χ0) is 17.3. The van der Waals surface area contributed by atoms with Gasteiger partial charge in [0.15, 0.2) is 24.8 Å². The van der Waals surface area contributed by atoms with Crippen LogP contribution in [0.2, 0.25) is 0 Å². The summed E-state index contributed by atoms with van der Waals surface area (Å²) < 4.78 is 4.54. The van der Waals surface area contributed by atoms with Gasteiger partial charge in [0, 0.05) is 37.1 Å². The Bertz CT molecular complexity index is 454. The van der Waals surface area contributed by atoms with E-state index in [2.05, 4.69) is 84.3 Å². The highest BCUT2D eigenvalue weighted by Gasteiger charge is 2.00. The molecule has 0 unspecified atom stereocenters. The molecule has 1 rings (SSSR count). The number of rotatable bonds is 10. The van der Waals surface area contributed by atoms with Crippen molar-refractivity contribution in [3.8, 4) is 0 Å². The first-order valence-corrected chi connectivity index (χ1v) is 9.75.